The maximum absolute atomic E-state index is 10.8. The van der Waals surface area contributed by atoms with Crippen molar-refractivity contribution in [3.05, 3.63) is 38.1 Å². The number of aryl methyl sites for hydroxylation is 1. The molecule has 0 saturated heterocycles. The Kier molecular flexibility index (Phi) is 2.04. The predicted molar refractivity (Wildman–Crippen MR) is 54.1 cm³/mol. The number of H-pyrrole nitrogens is 1. The first kappa shape index (κ1) is 10.0. The molecule has 0 amide bonds. The smallest absolute Gasteiger partial charge is 0.271 e. The van der Waals surface area contributed by atoms with Gasteiger partial charge in [-0.25, -0.2) is 0 Å². The number of non-ortho nitro benzene ring substituents is 1. The van der Waals surface area contributed by atoms with Gasteiger partial charge in [-0.2, -0.15) is 5.10 Å². The van der Waals surface area contributed by atoms with Gasteiger partial charge in [-0.05, 0) is 6.92 Å². The largest absolute Gasteiger partial charge is 0.295 e. The molecule has 1 aromatic heterocycles. The molecule has 0 fully saturated rings. The average molecular weight is 222 g/mol. The topological polar surface area (TPSA) is 115 Å². The molecule has 1 N–H and O–H groups in total. The lowest BCUT2D eigenvalue weighted by Crippen LogP contribution is -1.96. The van der Waals surface area contributed by atoms with E-state index in [-0.39, 0.29) is 27.8 Å². The van der Waals surface area contributed by atoms with Gasteiger partial charge in [0, 0.05) is 11.6 Å². The van der Waals surface area contributed by atoms with Crippen LogP contribution in [0.5, 0.6) is 0 Å². The predicted octanol–water partition coefficient (Wildman–Crippen LogP) is 1.69. The van der Waals surface area contributed by atoms with Crippen LogP contribution in [0.4, 0.5) is 11.4 Å². The molecule has 0 aliphatic rings. The van der Waals surface area contributed by atoms with Crippen LogP contribution >= 0.6 is 0 Å². The molecule has 82 valence electrons. The van der Waals surface area contributed by atoms with Crippen LogP contribution in [0.25, 0.3) is 10.9 Å². The van der Waals surface area contributed by atoms with E-state index in [9.17, 15) is 20.2 Å². The molecule has 0 aliphatic heterocycles. The monoisotopic (exact) mass is 222 g/mol. The molecule has 0 aliphatic carbocycles. The number of aromatic nitrogens is 2. The van der Waals surface area contributed by atoms with Crippen LogP contribution in [0, 0.1) is 27.2 Å². The molecule has 8 nitrogen and oxygen atoms in total. The van der Waals surface area contributed by atoms with Crippen LogP contribution in [0.15, 0.2) is 12.3 Å². The van der Waals surface area contributed by atoms with Crippen LogP contribution in [-0.2, 0) is 0 Å². The summed E-state index contributed by atoms with van der Waals surface area (Å²) in [5.41, 5.74) is -0.0575. The molecule has 0 saturated carbocycles. The number of fused-ring (bicyclic) bond motifs is 1. The second-order valence-electron chi connectivity index (χ2n) is 3.23. The van der Waals surface area contributed by atoms with Crippen LogP contribution in [0.2, 0.25) is 0 Å². The second kappa shape index (κ2) is 3.26. The quantitative estimate of drug-likeness (QED) is 0.613. The van der Waals surface area contributed by atoms with E-state index in [1.807, 2.05) is 0 Å². The lowest BCUT2D eigenvalue weighted by Gasteiger charge is -1.99. The Labute approximate surface area is 88.2 Å². The van der Waals surface area contributed by atoms with Gasteiger partial charge in [0.2, 0.25) is 0 Å². The van der Waals surface area contributed by atoms with E-state index >= 15 is 0 Å². The Morgan fingerprint density at radius 2 is 2.00 bits per heavy atom. The molecule has 0 radical (unpaired) electrons. The minimum absolute atomic E-state index is 0.0716. The van der Waals surface area contributed by atoms with Crippen LogP contribution in [-0.4, -0.2) is 20.0 Å². The zero-order valence-corrected chi connectivity index (χ0v) is 8.13. The molecule has 2 rings (SSSR count). The molecule has 1 aromatic carbocycles. The summed E-state index contributed by atoms with van der Waals surface area (Å²) >= 11 is 0. The maximum Gasteiger partial charge on any atom is 0.295 e. The number of nitrogens with zero attached hydrogens (tertiary/aromatic N) is 3. The molecule has 0 spiro atoms. The van der Waals surface area contributed by atoms with Crippen molar-refractivity contribution >= 4 is 22.3 Å². The number of rotatable bonds is 2. The summed E-state index contributed by atoms with van der Waals surface area (Å²) in [6.45, 7) is 1.46. The number of nitrogens with one attached hydrogen (secondary N) is 1. The Balaban J connectivity index is 2.92. The van der Waals surface area contributed by atoms with Gasteiger partial charge in [-0.1, -0.05) is 0 Å². The third-order valence-electron chi connectivity index (χ3n) is 2.26. The Bertz CT molecular complexity index is 603. The van der Waals surface area contributed by atoms with Crippen molar-refractivity contribution in [2.75, 3.05) is 0 Å². The minimum Gasteiger partial charge on any atom is -0.271 e. The zero-order valence-electron chi connectivity index (χ0n) is 8.13. The molecular formula is C8H6N4O4. The van der Waals surface area contributed by atoms with Gasteiger partial charge in [0.25, 0.3) is 11.4 Å². The standard InChI is InChI=1S/C8H6N4O4/c1-4-2-6(11(13)14)7-5(3-9-10-7)8(4)12(15)16/h2-3H,1H3,(H,9,10). The SMILES string of the molecule is Cc1cc([N+](=O)[O-])c2[nH]ncc2c1[N+](=O)[O-]. The number of nitro benzene ring substituents is 2. The average Bonchev–Trinajstić information content (AvgIpc) is 2.63. The molecule has 1 heterocycles. The van der Waals surface area contributed by atoms with Crippen molar-refractivity contribution in [3.63, 3.8) is 0 Å². The lowest BCUT2D eigenvalue weighted by atomic mass is 10.1. The number of benzene rings is 1. The third kappa shape index (κ3) is 1.28. The van der Waals surface area contributed by atoms with Crippen molar-refractivity contribution < 1.29 is 9.85 Å². The normalized spacial score (nSPS) is 10.6. The summed E-state index contributed by atoms with van der Waals surface area (Å²) in [7, 11) is 0. The highest BCUT2D eigenvalue weighted by molar-refractivity contribution is 5.95. The minimum atomic E-state index is -0.600. The van der Waals surface area contributed by atoms with Crippen LogP contribution < -0.4 is 0 Å². The van der Waals surface area contributed by atoms with E-state index in [0.717, 1.165) is 0 Å². The lowest BCUT2D eigenvalue weighted by molar-refractivity contribution is -0.387. The van der Waals surface area contributed by atoms with E-state index in [2.05, 4.69) is 10.2 Å². The molecule has 0 bridgehead atoms. The summed E-state index contributed by atoms with van der Waals surface area (Å²) in [4.78, 5) is 20.4. The maximum atomic E-state index is 10.8. The van der Waals surface area contributed by atoms with Gasteiger partial charge in [-0.15, -0.1) is 0 Å². The first-order chi connectivity index (χ1) is 7.52. The molecule has 8 heteroatoms. The van der Waals surface area contributed by atoms with Gasteiger partial charge in [0.1, 0.15) is 10.9 Å². The Morgan fingerprint density at radius 3 is 2.56 bits per heavy atom. The highest BCUT2D eigenvalue weighted by Gasteiger charge is 2.24. The molecule has 0 unspecified atom stereocenters. The first-order valence-corrected chi connectivity index (χ1v) is 4.28. The Morgan fingerprint density at radius 1 is 1.31 bits per heavy atom. The molecular weight excluding hydrogens is 216 g/mol. The molecule has 0 atom stereocenters. The number of aromatic amines is 1. The van der Waals surface area contributed by atoms with Crippen molar-refractivity contribution in [1.82, 2.24) is 10.2 Å². The van der Waals surface area contributed by atoms with E-state index in [4.69, 9.17) is 0 Å². The van der Waals surface area contributed by atoms with Gasteiger partial charge in [0.05, 0.1) is 16.0 Å². The van der Waals surface area contributed by atoms with Crippen molar-refractivity contribution in [1.29, 1.82) is 0 Å². The summed E-state index contributed by atoms with van der Waals surface area (Å²) < 4.78 is 0. The molecule has 2 aromatic rings. The highest BCUT2D eigenvalue weighted by atomic mass is 16.6. The number of hydrogen-bond acceptors (Lipinski definition) is 5. The van der Waals surface area contributed by atoms with Gasteiger partial charge >= 0.3 is 0 Å². The third-order valence-corrected chi connectivity index (χ3v) is 2.26. The summed E-state index contributed by atoms with van der Waals surface area (Å²) in [6.07, 6.45) is 1.22. The fourth-order valence-electron chi connectivity index (χ4n) is 1.61. The zero-order chi connectivity index (χ0) is 11.9. The van der Waals surface area contributed by atoms with E-state index in [0.29, 0.717) is 0 Å². The van der Waals surface area contributed by atoms with E-state index in [1.165, 1.54) is 19.2 Å². The number of nitro groups is 2. The van der Waals surface area contributed by atoms with Gasteiger partial charge < -0.3 is 0 Å². The van der Waals surface area contributed by atoms with E-state index < -0.39 is 9.85 Å². The molecule has 16 heavy (non-hydrogen) atoms. The fraction of sp³-hybridized carbons (Fsp3) is 0.125. The number of hydrogen-bond donors (Lipinski definition) is 1. The van der Waals surface area contributed by atoms with E-state index in [1.54, 1.807) is 0 Å². The van der Waals surface area contributed by atoms with Crippen molar-refractivity contribution in [3.8, 4) is 0 Å². The highest BCUT2D eigenvalue weighted by Crippen LogP contribution is 2.34. The van der Waals surface area contributed by atoms with Crippen LogP contribution in [0.1, 0.15) is 5.56 Å². The fourth-order valence-corrected chi connectivity index (χ4v) is 1.61. The Hall–Kier alpha value is -2.51. The van der Waals surface area contributed by atoms with Gasteiger partial charge in [0.15, 0.2) is 0 Å². The van der Waals surface area contributed by atoms with Gasteiger partial charge in [-0.3, -0.25) is 25.3 Å². The van der Waals surface area contributed by atoms with Crippen LogP contribution in [0.3, 0.4) is 0 Å². The summed E-state index contributed by atoms with van der Waals surface area (Å²) in [5.74, 6) is 0. The summed E-state index contributed by atoms with van der Waals surface area (Å²) in [6, 6.07) is 1.17. The van der Waals surface area contributed by atoms with Crippen molar-refractivity contribution in [2.45, 2.75) is 6.92 Å². The van der Waals surface area contributed by atoms with Crippen molar-refractivity contribution in [2.24, 2.45) is 0 Å². The first-order valence-electron chi connectivity index (χ1n) is 4.28. The summed E-state index contributed by atoms with van der Waals surface area (Å²) in [5, 5.41) is 27.7. The second-order valence-corrected chi connectivity index (χ2v) is 3.23.